The Kier molecular flexibility index (Phi) is 8.08. The minimum Gasteiger partial charge on any atom is -0.459 e. The van der Waals surface area contributed by atoms with Gasteiger partial charge in [0, 0.05) is 43.2 Å². The molecule has 1 aromatic carbocycles. The lowest BCUT2D eigenvalue weighted by Crippen LogP contribution is -2.56. The molecular formula is C20H30FIN4O2. The number of morpholine rings is 1. The van der Waals surface area contributed by atoms with Gasteiger partial charge in [0.1, 0.15) is 17.2 Å². The van der Waals surface area contributed by atoms with E-state index in [4.69, 9.17) is 9.15 Å². The van der Waals surface area contributed by atoms with Gasteiger partial charge in [-0.3, -0.25) is 9.89 Å². The van der Waals surface area contributed by atoms with Gasteiger partial charge in [0.15, 0.2) is 5.96 Å². The quantitative estimate of drug-likeness (QED) is 0.372. The van der Waals surface area contributed by atoms with Crippen molar-refractivity contribution in [3.05, 3.63) is 35.3 Å². The molecule has 0 aliphatic carbocycles. The number of nitrogens with zero attached hydrogens (tertiary/aromatic N) is 2. The number of ether oxygens (including phenoxy) is 1. The number of guanidine groups is 1. The molecule has 1 saturated heterocycles. The van der Waals surface area contributed by atoms with Crippen LogP contribution < -0.4 is 10.6 Å². The van der Waals surface area contributed by atoms with E-state index in [1.165, 1.54) is 12.1 Å². The van der Waals surface area contributed by atoms with Gasteiger partial charge in [0.2, 0.25) is 0 Å². The zero-order chi connectivity index (χ0) is 19.4. The Balaban J connectivity index is 0.00000280. The highest BCUT2D eigenvalue weighted by molar-refractivity contribution is 14.0. The molecule has 1 aliphatic rings. The van der Waals surface area contributed by atoms with Gasteiger partial charge in [0.25, 0.3) is 0 Å². The van der Waals surface area contributed by atoms with E-state index >= 15 is 0 Å². The highest BCUT2D eigenvalue weighted by Gasteiger charge is 2.28. The molecule has 1 fully saturated rings. The first-order valence-corrected chi connectivity index (χ1v) is 9.35. The van der Waals surface area contributed by atoms with Gasteiger partial charge >= 0.3 is 0 Å². The van der Waals surface area contributed by atoms with Crippen molar-refractivity contribution in [2.75, 3.05) is 39.9 Å². The number of hydrogen-bond donors (Lipinski definition) is 2. The first kappa shape index (κ1) is 22.9. The van der Waals surface area contributed by atoms with E-state index in [9.17, 15) is 4.39 Å². The summed E-state index contributed by atoms with van der Waals surface area (Å²) < 4.78 is 24.8. The Morgan fingerprint density at radius 3 is 2.64 bits per heavy atom. The van der Waals surface area contributed by atoms with Gasteiger partial charge in [-0.2, -0.15) is 0 Å². The minimum absolute atomic E-state index is 0. The van der Waals surface area contributed by atoms with E-state index in [0.717, 1.165) is 49.6 Å². The fourth-order valence-corrected chi connectivity index (χ4v) is 3.38. The number of hydrogen-bond acceptors (Lipinski definition) is 4. The molecule has 28 heavy (non-hydrogen) atoms. The lowest BCUT2D eigenvalue weighted by Gasteiger charge is -2.41. The SMILES string of the molecule is CN=C(NCc1oc2ccc(F)cc2c1C)NCC(C)(C)N1CCOCC1.I. The number of aryl methyl sites for hydroxylation is 1. The van der Waals surface area contributed by atoms with Crippen LogP contribution in [0.2, 0.25) is 0 Å². The molecule has 6 nitrogen and oxygen atoms in total. The Morgan fingerprint density at radius 2 is 1.96 bits per heavy atom. The molecule has 0 saturated carbocycles. The van der Waals surface area contributed by atoms with Crippen LogP contribution in [-0.4, -0.2) is 56.3 Å². The number of halogens is 2. The van der Waals surface area contributed by atoms with Crippen molar-refractivity contribution in [2.45, 2.75) is 32.9 Å². The molecule has 8 heteroatoms. The number of benzene rings is 1. The smallest absolute Gasteiger partial charge is 0.191 e. The summed E-state index contributed by atoms with van der Waals surface area (Å²) >= 11 is 0. The maximum absolute atomic E-state index is 13.5. The first-order valence-electron chi connectivity index (χ1n) is 9.35. The molecular weight excluding hydrogens is 474 g/mol. The first-order chi connectivity index (χ1) is 12.9. The van der Waals surface area contributed by atoms with Crippen LogP contribution in [0.5, 0.6) is 0 Å². The van der Waals surface area contributed by atoms with E-state index in [1.807, 2.05) is 6.92 Å². The van der Waals surface area contributed by atoms with Crippen molar-refractivity contribution in [3.8, 4) is 0 Å². The highest BCUT2D eigenvalue weighted by Crippen LogP contribution is 2.25. The Hall–Kier alpha value is -1.39. The topological polar surface area (TPSA) is 62.0 Å². The van der Waals surface area contributed by atoms with E-state index in [1.54, 1.807) is 13.1 Å². The van der Waals surface area contributed by atoms with Crippen LogP contribution in [0.25, 0.3) is 11.0 Å². The summed E-state index contributed by atoms with van der Waals surface area (Å²) in [6.07, 6.45) is 0. The molecule has 2 N–H and O–H groups in total. The maximum atomic E-state index is 13.5. The molecule has 2 heterocycles. The average molecular weight is 504 g/mol. The van der Waals surface area contributed by atoms with Crippen LogP contribution in [0.1, 0.15) is 25.2 Å². The van der Waals surface area contributed by atoms with Gasteiger partial charge < -0.3 is 19.8 Å². The molecule has 0 spiro atoms. The van der Waals surface area contributed by atoms with Crippen molar-refractivity contribution >= 4 is 40.9 Å². The zero-order valence-electron chi connectivity index (χ0n) is 17.0. The number of aliphatic imine (C=N–C) groups is 1. The van der Waals surface area contributed by atoms with Crippen molar-refractivity contribution in [1.82, 2.24) is 15.5 Å². The molecule has 1 aromatic heterocycles. The molecule has 2 aromatic rings. The molecule has 0 bridgehead atoms. The maximum Gasteiger partial charge on any atom is 0.191 e. The summed E-state index contributed by atoms with van der Waals surface area (Å²) in [6.45, 7) is 11.1. The van der Waals surface area contributed by atoms with Crippen molar-refractivity contribution < 1.29 is 13.5 Å². The fourth-order valence-electron chi connectivity index (χ4n) is 3.38. The van der Waals surface area contributed by atoms with Crippen LogP contribution in [-0.2, 0) is 11.3 Å². The predicted molar refractivity (Wildman–Crippen MR) is 121 cm³/mol. The Morgan fingerprint density at radius 1 is 1.25 bits per heavy atom. The number of rotatable bonds is 5. The molecule has 0 atom stereocenters. The van der Waals surface area contributed by atoms with E-state index in [0.29, 0.717) is 18.1 Å². The highest BCUT2D eigenvalue weighted by atomic mass is 127. The normalized spacial score (nSPS) is 16.1. The summed E-state index contributed by atoms with van der Waals surface area (Å²) in [5, 5.41) is 7.49. The summed E-state index contributed by atoms with van der Waals surface area (Å²) in [7, 11) is 1.75. The molecule has 0 amide bonds. The lowest BCUT2D eigenvalue weighted by atomic mass is 10.0. The largest absolute Gasteiger partial charge is 0.459 e. The molecule has 1 aliphatic heterocycles. The van der Waals surface area contributed by atoms with Gasteiger partial charge in [-0.05, 0) is 39.0 Å². The lowest BCUT2D eigenvalue weighted by molar-refractivity contribution is -0.00834. The van der Waals surface area contributed by atoms with Gasteiger partial charge in [-0.15, -0.1) is 24.0 Å². The third-order valence-corrected chi connectivity index (χ3v) is 5.19. The van der Waals surface area contributed by atoms with E-state index in [-0.39, 0.29) is 35.3 Å². The number of nitrogens with one attached hydrogen (secondary N) is 2. The van der Waals surface area contributed by atoms with Gasteiger partial charge in [0.05, 0.1) is 19.8 Å². The second kappa shape index (κ2) is 9.89. The van der Waals surface area contributed by atoms with Crippen LogP contribution >= 0.6 is 24.0 Å². The molecule has 3 rings (SSSR count). The van der Waals surface area contributed by atoms with Crippen LogP contribution in [0.3, 0.4) is 0 Å². The summed E-state index contributed by atoms with van der Waals surface area (Å²) in [5.74, 6) is 1.24. The number of furan rings is 1. The monoisotopic (exact) mass is 504 g/mol. The van der Waals surface area contributed by atoms with E-state index in [2.05, 4.69) is 34.4 Å². The van der Waals surface area contributed by atoms with Crippen LogP contribution in [0.4, 0.5) is 4.39 Å². The second-order valence-electron chi connectivity index (χ2n) is 7.48. The standard InChI is InChI=1S/C20H29FN4O2.HI/c1-14-16-11-15(21)5-6-17(16)27-18(14)12-23-19(22-4)24-13-20(2,3)25-7-9-26-10-8-25;/h5-6,11H,7-10,12-13H2,1-4H3,(H2,22,23,24);1H. The molecule has 156 valence electrons. The van der Waals surface area contributed by atoms with Crippen molar-refractivity contribution in [3.63, 3.8) is 0 Å². The number of fused-ring (bicyclic) bond motifs is 1. The molecule has 0 radical (unpaired) electrons. The molecule has 0 unspecified atom stereocenters. The third-order valence-electron chi connectivity index (χ3n) is 5.19. The summed E-state index contributed by atoms with van der Waals surface area (Å²) in [5.41, 5.74) is 1.64. The van der Waals surface area contributed by atoms with Gasteiger partial charge in [-0.1, -0.05) is 0 Å². The fraction of sp³-hybridized carbons (Fsp3) is 0.550. The zero-order valence-corrected chi connectivity index (χ0v) is 19.3. The predicted octanol–water partition coefficient (Wildman–Crippen LogP) is 3.27. The Labute approximate surface area is 182 Å². The van der Waals surface area contributed by atoms with E-state index < -0.39 is 0 Å². The summed E-state index contributed by atoms with van der Waals surface area (Å²) in [6, 6.07) is 4.59. The van der Waals surface area contributed by atoms with Gasteiger partial charge in [-0.25, -0.2) is 4.39 Å². The Bertz CT molecular complexity index is 816. The van der Waals surface area contributed by atoms with Crippen LogP contribution in [0, 0.1) is 12.7 Å². The third kappa shape index (κ3) is 5.36. The second-order valence-corrected chi connectivity index (χ2v) is 7.48. The van der Waals surface area contributed by atoms with Crippen LogP contribution in [0.15, 0.2) is 27.6 Å². The van der Waals surface area contributed by atoms with Crippen molar-refractivity contribution in [2.24, 2.45) is 4.99 Å². The summed E-state index contributed by atoms with van der Waals surface area (Å²) in [4.78, 5) is 6.72. The minimum atomic E-state index is -0.256. The average Bonchev–Trinajstić information content (AvgIpc) is 2.98. The van der Waals surface area contributed by atoms with Crippen molar-refractivity contribution in [1.29, 1.82) is 0 Å².